The summed E-state index contributed by atoms with van der Waals surface area (Å²) in [5.41, 5.74) is 2.07. The van der Waals surface area contributed by atoms with Gasteiger partial charge in [-0.05, 0) is 70.7 Å². The summed E-state index contributed by atoms with van der Waals surface area (Å²) in [7, 11) is 0. The van der Waals surface area contributed by atoms with E-state index in [4.69, 9.17) is 16.3 Å². The van der Waals surface area contributed by atoms with Gasteiger partial charge in [-0.1, -0.05) is 35.9 Å². The van der Waals surface area contributed by atoms with Gasteiger partial charge in [0.1, 0.15) is 5.75 Å². The van der Waals surface area contributed by atoms with Gasteiger partial charge < -0.3 is 9.84 Å². The second kappa shape index (κ2) is 6.55. The van der Waals surface area contributed by atoms with Crippen molar-refractivity contribution in [3.8, 4) is 5.75 Å². The van der Waals surface area contributed by atoms with Gasteiger partial charge in [-0.15, -0.1) is 0 Å². The lowest BCUT2D eigenvalue weighted by molar-refractivity contribution is 0.145. The summed E-state index contributed by atoms with van der Waals surface area (Å²) in [6, 6.07) is 13.8. The molecule has 1 aliphatic heterocycles. The zero-order valence-corrected chi connectivity index (χ0v) is 14.3. The molecule has 2 nitrogen and oxygen atoms in total. The zero-order valence-electron chi connectivity index (χ0n) is 11.4. The van der Waals surface area contributed by atoms with Crippen LogP contribution in [0.25, 0.3) is 0 Å². The van der Waals surface area contributed by atoms with E-state index in [9.17, 15) is 5.11 Å². The molecule has 2 unspecified atom stereocenters. The van der Waals surface area contributed by atoms with Gasteiger partial charge in [-0.25, -0.2) is 0 Å². The fourth-order valence-electron chi connectivity index (χ4n) is 2.79. The number of para-hydroxylation sites is 1. The van der Waals surface area contributed by atoms with Crippen LogP contribution in [0, 0.1) is 3.57 Å². The third-order valence-corrected chi connectivity index (χ3v) is 5.49. The molecule has 0 saturated carbocycles. The molecule has 1 N–H and O–H groups in total. The largest absolute Gasteiger partial charge is 0.493 e. The number of ether oxygens (including phenoxy) is 1. The summed E-state index contributed by atoms with van der Waals surface area (Å²) in [6.07, 6.45) is 1.12. The van der Waals surface area contributed by atoms with Crippen LogP contribution in [0.1, 0.15) is 36.0 Å². The van der Waals surface area contributed by atoms with Crippen molar-refractivity contribution in [2.24, 2.45) is 0 Å². The van der Waals surface area contributed by atoms with Crippen LogP contribution in [0.3, 0.4) is 0 Å². The van der Waals surface area contributed by atoms with Crippen LogP contribution in [0.2, 0.25) is 5.02 Å². The normalized spacial score (nSPS) is 18.7. The van der Waals surface area contributed by atoms with E-state index in [-0.39, 0.29) is 0 Å². The maximum atomic E-state index is 10.5. The fraction of sp³-hybridized carbons (Fsp3) is 0.294. The lowest BCUT2D eigenvalue weighted by Gasteiger charge is -2.27. The topological polar surface area (TPSA) is 29.5 Å². The lowest BCUT2D eigenvalue weighted by atomic mass is 9.86. The van der Waals surface area contributed by atoms with Crippen molar-refractivity contribution >= 4 is 34.2 Å². The molecule has 4 heteroatoms. The van der Waals surface area contributed by atoms with Gasteiger partial charge in [0.2, 0.25) is 0 Å². The van der Waals surface area contributed by atoms with Crippen molar-refractivity contribution in [2.45, 2.75) is 24.9 Å². The standard InChI is InChI=1S/C17H16ClIO2/c18-14-9-12(5-6-15(14)19)16(20)10-11-7-8-21-17-4-2-1-3-13(11)17/h1-6,9,11,16,20H,7-8,10H2. The number of benzene rings is 2. The molecule has 0 radical (unpaired) electrons. The van der Waals surface area contributed by atoms with Crippen LogP contribution in [-0.4, -0.2) is 11.7 Å². The van der Waals surface area contributed by atoms with Crippen LogP contribution in [0.4, 0.5) is 0 Å². The molecule has 2 atom stereocenters. The molecule has 1 heterocycles. The number of hydrogen-bond acceptors (Lipinski definition) is 2. The number of aliphatic hydroxyl groups excluding tert-OH is 1. The minimum absolute atomic E-state index is 0.322. The van der Waals surface area contributed by atoms with Gasteiger partial charge in [-0.2, -0.15) is 0 Å². The summed E-state index contributed by atoms with van der Waals surface area (Å²) < 4.78 is 6.67. The molecule has 0 fully saturated rings. The molecule has 0 aliphatic carbocycles. The Hall–Kier alpha value is -0.780. The smallest absolute Gasteiger partial charge is 0.122 e. The number of rotatable bonds is 3. The van der Waals surface area contributed by atoms with Gasteiger partial charge >= 0.3 is 0 Å². The molecule has 110 valence electrons. The van der Waals surface area contributed by atoms with E-state index in [2.05, 4.69) is 28.7 Å². The molecule has 1 aliphatic rings. The highest BCUT2D eigenvalue weighted by atomic mass is 127. The third kappa shape index (κ3) is 3.35. The summed E-state index contributed by atoms with van der Waals surface area (Å²) in [5.74, 6) is 1.27. The highest BCUT2D eigenvalue weighted by Crippen LogP contribution is 2.39. The van der Waals surface area contributed by atoms with E-state index < -0.39 is 6.10 Å². The molecule has 2 aromatic rings. The van der Waals surface area contributed by atoms with Crippen molar-refractivity contribution in [1.82, 2.24) is 0 Å². The fourth-order valence-corrected chi connectivity index (χ4v) is 3.31. The van der Waals surface area contributed by atoms with Crippen LogP contribution in [0.5, 0.6) is 5.75 Å². The maximum absolute atomic E-state index is 10.5. The van der Waals surface area contributed by atoms with Crippen molar-refractivity contribution in [3.63, 3.8) is 0 Å². The Bertz CT molecular complexity index is 644. The van der Waals surface area contributed by atoms with Crippen molar-refractivity contribution < 1.29 is 9.84 Å². The molecule has 0 saturated heterocycles. The summed E-state index contributed by atoms with van der Waals surface area (Å²) in [5, 5.41) is 11.2. The SMILES string of the molecule is OC(CC1CCOc2ccccc21)c1ccc(I)c(Cl)c1. The quantitative estimate of drug-likeness (QED) is 0.721. The predicted octanol–water partition coefficient (Wildman–Crippen LogP) is 4.93. The Morgan fingerprint density at radius 1 is 1.29 bits per heavy atom. The van der Waals surface area contributed by atoms with Gasteiger partial charge in [0, 0.05) is 3.57 Å². The number of fused-ring (bicyclic) bond motifs is 1. The Morgan fingerprint density at radius 3 is 2.90 bits per heavy atom. The molecular formula is C17H16ClIO2. The second-order valence-corrected chi connectivity index (χ2v) is 6.87. The molecule has 0 bridgehead atoms. The Balaban J connectivity index is 1.79. The third-order valence-electron chi connectivity index (χ3n) is 3.92. The van der Waals surface area contributed by atoms with E-state index >= 15 is 0 Å². The van der Waals surface area contributed by atoms with Gasteiger partial charge in [-0.3, -0.25) is 0 Å². The van der Waals surface area contributed by atoms with Crippen LogP contribution < -0.4 is 4.74 Å². The van der Waals surface area contributed by atoms with Crippen molar-refractivity contribution in [3.05, 3.63) is 62.2 Å². The Kier molecular flexibility index (Phi) is 4.72. The molecule has 0 spiro atoms. The molecular weight excluding hydrogens is 399 g/mol. The highest BCUT2D eigenvalue weighted by Gasteiger charge is 2.24. The minimum Gasteiger partial charge on any atom is -0.493 e. The predicted molar refractivity (Wildman–Crippen MR) is 93.0 cm³/mol. The second-order valence-electron chi connectivity index (χ2n) is 5.30. The van der Waals surface area contributed by atoms with E-state index in [1.54, 1.807) is 0 Å². The van der Waals surface area contributed by atoms with Crippen LogP contribution >= 0.6 is 34.2 Å². The Labute approximate surface area is 143 Å². The monoisotopic (exact) mass is 414 g/mol. The van der Waals surface area contributed by atoms with Crippen molar-refractivity contribution in [2.75, 3.05) is 6.61 Å². The molecule has 3 rings (SSSR count). The summed E-state index contributed by atoms with van der Waals surface area (Å²) in [6.45, 7) is 0.710. The first kappa shape index (κ1) is 15.1. The molecule has 21 heavy (non-hydrogen) atoms. The number of halogens is 2. The lowest BCUT2D eigenvalue weighted by Crippen LogP contribution is -2.16. The van der Waals surface area contributed by atoms with Crippen LogP contribution in [0.15, 0.2) is 42.5 Å². The molecule has 2 aromatic carbocycles. The number of hydrogen-bond donors (Lipinski definition) is 1. The highest BCUT2D eigenvalue weighted by molar-refractivity contribution is 14.1. The maximum Gasteiger partial charge on any atom is 0.122 e. The van der Waals surface area contributed by atoms with Gasteiger partial charge in [0.15, 0.2) is 0 Å². The van der Waals surface area contributed by atoms with Crippen molar-refractivity contribution in [1.29, 1.82) is 0 Å². The van der Waals surface area contributed by atoms with Crippen LogP contribution in [-0.2, 0) is 0 Å². The number of aliphatic hydroxyl groups is 1. The van der Waals surface area contributed by atoms with E-state index in [1.807, 2.05) is 36.4 Å². The van der Waals surface area contributed by atoms with E-state index in [1.165, 1.54) is 5.56 Å². The molecule has 0 aromatic heterocycles. The van der Waals surface area contributed by atoms with Gasteiger partial charge in [0.05, 0.1) is 17.7 Å². The molecule has 0 amide bonds. The van der Waals surface area contributed by atoms with Gasteiger partial charge in [0.25, 0.3) is 0 Å². The summed E-state index contributed by atoms with van der Waals surface area (Å²) in [4.78, 5) is 0. The van der Waals surface area contributed by atoms with E-state index in [0.29, 0.717) is 24.0 Å². The average molecular weight is 415 g/mol. The minimum atomic E-state index is -0.504. The first-order chi connectivity index (χ1) is 10.1. The summed E-state index contributed by atoms with van der Waals surface area (Å²) >= 11 is 8.33. The first-order valence-corrected chi connectivity index (χ1v) is 8.45. The first-order valence-electron chi connectivity index (χ1n) is 7.00. The zero-order chi connectivity index (χ0) is 14.8. The Morgan fingerprint density at radius 2 is 2.10 bits per heavy atom. The van der Waals surface area contributed by atoms with E-state index in [0.717, 1.165) is 21.3 Å². The average Bonchev–Trinajstić information content (AvgIpc) is 2.50.